The van der Waals surface area contributed by atoms with Gasteiger partial charge >= 0.3 is 0 Å². The van der Waals surface area contributed by atoms with Crippen molar-refractivity contribution in [2.45, 2.75) is 26.0 Å². The molecule has 2 atom stereocenters. The van der Waals surface area contributed by atoms with Crippen LogP contribution in [0.5, 0.6) is 0 Å². The molecule has 0 amide bonds. The monoisotopic (exact) mass is 194 g/mol. The summed E-state index contributed by atoms with van der Waals surface area (Å²) in [5.41, 5.74) is 3.88. The van der Waals surface area contributed by atoms with E-state index in [0.717, 1.165) is 5.56 Å². The van der Waals surface area contributed by atoms with Crippen molar-refractivity contribution in [3.05, 3.63) is 35.9 Å². The minimum atomic E-state index is 0.0196. The van der Waals surface area contributed by atoms with E-state index in [2.05, 4.69) is 5.43 Å². The molecule has 1 aromatic carbocycles. The maximum absolute atomic E-state index is 5.64. The number of nitrogens with two attached hydrogens (primary N) is 1. The summed E-state index contributed by atoms with van der Waals surface area (Å²) in [5, 5.41) is 0. The van der Waals surface area contributed by atoms with Crippen molar-refractivity contribution in [1.82, 2.24) is 5.43 Å². The highest BCUT2D eigenvalue weighted by molar-refractivity contribution is 5.18. The van der Waals surface area contributed by atoms with Crippen LogP contribution in [0.15, 0.2) is 30.3 Å². The number of benzene rings is 1. The van der Waals surface area contributed by atoms with Crippen molar-refractivity contribution < 1.29 is 4.74 Å². The molecule has 2 unspecified atom stereocenters. The maximum Gasteiger partial charge on any atom is 0.0988 e. The maximum atomic E-state index is 5.64. The minimum Gasteiger partial charge on any atom is -0.372 e. The van der Waals surface area contributed by atoms with Gasteiger partial charge in [-0.05, 0) is 19.4 Å². The molecule has 0 aromatic heterocycles. The quantitative estimate of drug-likeness (QED) is 0.553. The van der Waals surface area contributed by atoms with Gasteiger partial charge in [-0.3, -0.25) is 11.3 Å². The van der Waals surface area contributed by atoms with Crippen LogP contribution in [-0.4, -0.2) is 12.6 Å². The first-order chi connectivity index (χ1) is 6.79. The highest BCUT2D eigenvalue weighted by Crippen LogP contribution is 2.20. The van der Waals surface area contributed by atoms with Gasteiger partial charge in [0.25, 0.3) is 0 Å². The third-order valence-corrected chi connectivity index (χ3v) is 2.19. The van der Waals surface area contributed by atoms with Gasteiger partial charge in [-0.1, -0.05) is 30.3 Å². The Morgan fingerprint density at radius 2 is 2.00 bits per heavy atom. The molecule has 0 aliphatic carbocycles. The van der Waals surface area contributed by atoms with Gasteiger partial charge in [0.05, 0.1) is 6.10 Å². The summed E-state index contributed by atoms with van der Waals surface area (Å²) in [5.74, 6) is 5.41. The van der Waals surface area contributed by atoms with Crippen LogP contribution in [-0.2, 0) is 4.74 Å². The first-order valence-electron chi connectivity index (χ1n) is 4.92. The van der Waals surface area contributed by atoms with E-state index in [4.69, 9.17) is 10.6 Å². The first kappa shape index (κ1) is 11.2. The Hall–Kier alpha value is -0.900. The second-order valence-electron chi connectivity index (χ2n) is 3.24. The Morgan fingerprint density at radius 1 is 1.36 bits per heavy atom. The van der Waals surface area contributed by atoms with Gasteiger partial charge in [-0.15, -0.1) is 0 Å². The molecule has 1 aromatic rings. The molecule has 1 rings (SSSR count). The number of hydrazine groups is 1. The van der Waals surface area contributed by atoms with E-state index in [1.165, 1.54) is 0 Å². The van der Waals surface area contributed by atoms with Crippen molar-refractivity contribution in [3.8, 4) is 0 Å². The molecule has 0 bridgehead atoms. The van der Waals surface area contributed by atoms with E-state index in [9.17, 15) is 0 Å². The molecule has 0 saturated heterocycles. The number of rotatable bonds is 5. The van der Waals surface area contributed by atoms with Crippen molar-refractivity contribution in [2.75, 3.05) is 6.61 Å². The van der Waals surface area contributed by atoms with E-state index < -0.39 is 0 Å². The molecule has 3 nitrogen and oxygen atoms in total. The molecule has 78 valence electrons. The van der Waals surface area contributed by atoms with Crippen LogP contribution in [0, 0.1) is 0 Å². The fraction of sp³-hybridized carbons (Fsp3) is 0.455. The zero-order valence-corrected chi connectivity index (χ0v) is 8.73. The first-order valence-corrected chi connectivity index (χ1v) is 4.92. The molecule has 0 aliphatic heterocycles. The average molecular weight is 194 g/mol. The Bertz CT molecular complexity index is 251. The molecule has 0 radical (unpaired) electrons. The van der Waals surface area contributed by atoms with E-state index in [-0.39, 0.29) is 12.1 Å². The summed E-state index contributed by atoms with van der Waals surface area (Å²) in [7, 11) is 0. The summed E-state index contributed by atoms with van der Waals surface area (Å²) in [6.45, 7) is 4.68. The lowest BCUT2D eigenvalue weighted by atomic mass is 10.0. The van der Waals surface area contributed by atoms with Gasteiger partial charge in [0.2, 0.25) is 0 Å². The van der Waals surface area contributed by atoms with E-state index in [1.807, 2.05) is 44.2 Å². The van der Waals surface area contributed by atoms with Crippen LogP contribution < -0.4 is 11.3 Å². The fourth-order valence-corrected chi connectivity index (χ4v) is 1.44. The van der Waals surface area contributed by atoms with Gasteiger partial charge in [0.1, 0.15) is 0 Å². The van der Waals surface area contributed by atoms with Crippen LogP contribution in [0.2, 0.25) is 0 Å². The zero-order valence-electron chi connectivity index (χ0n) is 8.73. The Morgan fingerprint density at radius 3 is 2.50 bits per heavy atom. The van der Waals surface area contributed by atoms with E-state index in [1.54, 1.807) is 0 Å². The average Bonchev–Trinajstić information content (AvgIpc) is 2.26. The van der Waals surface area contributed by atoms with Gasteiger partial charge in [0.15, 0.2) is 0 Å². The molecular weight excluding hydrogens is 176 g/mol. The number of hydrogen-bond acceptors (Lipinski definition) is 3. The highest BCUT2D eigenvalue weighted by Gasteiger charge is 2.17. The lowest BCUT2D eigenvalue weighted by Gasteiger charge is -2.23. The predicted octanol–water partition coefficient (Wildman–Crippen LogP) is 1.62. The van der Waals surface area contributed by atoms with Crippen molar-refractivity contribution in [3.63, 3.8) is 0 Å². The van der Waals surface area contributed by atoms with Gasteiger partial charge in [-0.2, -0.15) is 0 Å². The van der Waals surface area contributed by atoms with Crippen molar-refractivity contribution >= 4 is 0 Å². The molecule has 3 N–H and O–H groups in total. The summed E-state index contributed by atoms with van der Waals surface area (Å²) in [6, 6.07) is 10.2. The molecule has 0 spiro atoms. The molecule has 0 fully saturated rings. The molecule has 0 aliphatic rings. The summed E-state index contributed by atoms with van der Waals surface area (Å²) >= 11 is 0. The normalized spacial score (nSPS) is 15.1. The SMILES string of the molecule is CCOC(c1ccccc1)C(C)NN. The Labute approximate surface area is 85.2 Å². The third kappa shape index (κ3) is 2.80. The molecule has 3 heteroatoms. The number of nitrogens with one attached hydrogen (secondary N) is 1. The number of ether oxygens (including phenoxy) is 1. The van der Waals surface area contributed by atoms with E-state index >= 15 is 0 Å². The summed E-state index contributed by atoms with van der Waals surface area (Å²) in [4.78, 5) is 0. The topological polar surface area (TPSA) is 47.3 Å². The standard InChI is InChI=1S/C11H18N2O/c1-3-14-11(9(2)13-12)10-7-5-4-6-8-10/h4-9,11,13H,3,12H2,1-2H3. The number of hydrogen-bond donors (Lipinski definition) is 2. The molecular formula is C11H18N2O. The molecule has 0 heterocycles. The predicted molar refractivity (Wildman–Crippen MR) is 57.6 cm³/mol. The van der Waals surface area contributed by atoms with Crippen LogP contribution >= 0.6 is 0 Å². The Kier molecular flexibility index (Phi) is 4.59. The third-order valence-electron chi connectivity index (χ3n) is 2.19. The van der Waals surface area contributed by atoms with E-state index in [0.29, 0.717) is 6.61 Å². The lowest BCUT2D eigenvalue weighted by molar-refractivity contribution is 0.0380. The van der Waals surface area contributed by atoms with Crippen LogP contribution in [0.4, 0.5) is 0 Å². The van der Waals surface area contributed by atoms with Crippen LogP contribution in [0.25, 0.3) is 0 Å². The zero-order chi connectivity index (χ0) is 10.4. The largest absolute Gasteiger partial charge is 0.372 e. The van der Waals surface area contributed by atoms with Crippen molar-refractivity contribution in [1.29, 1.82) is 0 Å². The van der Waals surface area contributed by atoms with Crippen LogP contribution in [0.1, 0.15) is 25.5 Å². The summed E-state index contributed by atoms with van der Waals surface area (Å²) in [6.07, 6.45) is 0.0196. The smallest absolute Gasteiger partial charge is 0.0988 e. The fourth-order valence-electron chi connectivity index (χ4n) is 1.44. The minimum absolute atomic E-state index is 0.0196. The molecule has 0 saturated carbocycles. The second kappa shape index (κ2) is 5.75. The second-order valence-corrected chi connectivity index (χ2v) is 3.24. The summed E-state index contributed by atoms with van der Waals surface area (Å²) < 4.78 is 5.64. The van der Waals surface area contributed by atoms with Gasteiger partial charge < -0.3 is 4.74 Å². The van der Waals surface area contributed by atoms with Crippen LogP contribution in [0.3, 0.4) is 0 Å². The Balaban J connectivity index is 2.77. The highest BCUT2D eigenvalue weighted by atomic mass is 16.5. The molecule has 14 heavy (non-hydrogen) atoms. The van der Waals surface area contributed by atoms with Gasteiger partial charge in [-0.25, -0.2) is 0 Å². The lowest BCUT2D eigenvalue weighted by Crippen LogP contribution is -2.38. The van der Waals surface area contributed by atoms with Crippen molar-refractivity contribution in [2.24, 2.45) is 5.84 Å². The van der Waals surface area contributed by atoms with Gasteiger partial charge in [0, 0.05) is 12.6 Å².